The van der Waals surface area contributed by atoms with Gasteiger partial charge < -0.3 is 16.0 Å². The zero-order chi connectivity index (χ0) is 23.1. The van der Waals surface area contributed by atoms with E-state index in [2.05, 4.69) is 32.0 Å². The quantitative estimate of drug-likeness (QED) is 0.455. The average Bonchev–Trinajstić information content (AvgIpc) is 3.20. The van der Waals surface area contributed by atoms with Crippen LogP contribution in [-0.2, 0) is 15.8 Å². The third-order valence-corrected chi connectivity index (χ3v) is 6.77. The number of benzene rings is 1. The lowest BCUT2D eigenvalue weighted by Crippen LogP contribution is -2.51. The summed E-state index contributed by atoms with van der Waals surface area (Å²) >= 11 is 0. The summed E-state index contributed by atoms with van der Waals surface area (Å²) in [6.07, 6.45) is 11.0. The maximum Gasteiger partial charge on any atom is 0.236 e. The number of nitrogens with zero attached hydrogens (tertiary/aromatic N) is 3. The molecule has 0 radical (unpaired) electrons. The van der Waals surface area contributed by atoms with E-state index in [0.29, 0.717) is 22.7 Å². The van der Waals surface area contributed by atoms with Gasteiger partial charge in [-0.25, -0.2) is 22.4 Å². The molecule has 0 bridgehead atoms. The number of hydrogen-bond donors (Lipinski definition) is 4. The van der Waals surface area contributed by atoms with Crippen LogP contribution in [0.2, 0.25) is 0 Å². The number of anilines is 1. The van der Waals surface area contributed by atoms with Crippen molar-refractivity contribution in [3.8, 4) is 0 Å². The maximum atomic E-state index is 12.5. The Kier molecular flexibility index (Phi) is 5.28. The molecule has 10 heteroatoms. The first-order chi connectivity index (χ1) is 15.8. The molecule has 3 aromatic rings. The first kappa shape index (κ1) is 21.4. The molecule has 1 unspecified atom stereocenters. The second-order valence-electron chi connectivity index (χ2n) is 8.11. The number of fused-ring (bicyclic) bond motifs is 1. The van der Waals surface area contributed by atoms with Crippen LogP contribution in [0.15, 0.2) is 71.8 Å². The molecular weight excluding hydrogens is 438 g/mol. The Morgan fingerprint density at radius 2 is 2.12 bits per heavy atom. The van der Waals surface area contributed by atoms with Gasteiger partial charge in [0.15, 0.2) is 0 Å². The highest BCUT2D eigenvalue weighted by atomic mass is 32.2. The van der Waals surface area contributed by atoms with Crippen molar-refractivity contribution in [1.82, 2.24) is 19.6 Å². The van der Waals surface area contributed by atoms with Gasteiger partial charge in [-0.1, -0.05) is 18.2 Å². The summed E-state index contributed by atoms with van der Waals surface area (Å²) < 4.78 is 26.2. The van der Waals surface area contributed by atoms with E-state index in [9.17, 15) is 8.42 Å². The Morgan fingerprint density at radius 1 is 1.24 bits per heavy atom. The standard InChI is InChI=1S/C23H25N7O2S/c1-33(31,32)30-15-19(16-7-11-25-12-8-16)18-14-17(5-6-20(18)30)23(24)27-13-9-22(29-23)28-21-4-2-3-10-26-21/h2-7,9-10,13-15,25,29H,8,11-12,24H2,1H3,(H,26,28). The first-order valence-corrected chi connectivity index (χ1v) is 12.5. The minimum Gasteiger partial charge on any atom is -0.331 e. The van der Waals surface area contributed by atoms with Crippen LogP contribution in [0.5, 0.6) is 0 Å². The molecule has 4 heterocycles. The van der Waals surface area contributed by atoms with E-state index in [-0.39, 0.29) is 0 Å². The van der Waals surface area contributed by atoms with E-state index in [1.54, 1.807) is 36.8 Å². The lowest BCUT2D eigenvalue weighted by atomic mass is 9.97. The number of aliphatic imine (C=N–C) groups is 1. The molecule has 0 saturated carbocycles. The van der Waals surface area contributed by atoms with Gasteiger partial charge in [-0.3, -0.25) is 5.73 Å². The summed E-state index contributed by atoms with van der Waals surface area (Å²) in [7, 11) is -3.47. The van der Waals surface area contributed by atoms with Crippen LogP contribution in [0.4, 0.5) is 5.82 Å². The molecule has 2 aromatic heterocycles. The highest BCUT2D eigenvalue weighted by Gasteiger charge is 2.30. The van der Waals surface area contributed by atoms with Gasteiger partial charge in [0.25, 0.3) is 0 Å². The van der Waals surface area contributed by atoms with Gasteiger partial charge in [-0.05, 0) is 48.9 Å². The number of rotatable bonds is 5. The Morgan fingerprint density at radius 3 is 2.85 bits per heavy atom. The molecule has 0 saturated heterocycles. The van der Waals surface area contributed by atoms with E-state index in [4.69, 9.17) is 5.73 Å². The topological polar surface area (TPSA) is 126 Å². The molecule has 2 aliphatic heterocycles. The number of pyridine rings is 1. The lowest BCUT2D eigenvalue weighted by molar-refractivity contribution is 0.399. The SMILES string of the molecule is CS(=O)(=O)n1cc(C2=CCNCC2)c2cc(C3(N)N=CC=C(Nc4ccccn4)N3)ccc21. The van der Waals surface area contributed by atoms with Crippen LogP contribution < -0.4 is 21.7 Å². The van der Waals surface area contributed by atoms with Gasteiger partial charge in [0.2, 0.25) is 15.8 Å². The fourth-order valence-corrected chi connectivity index (χ4v) is 4.95. The zero-order valence-corrected chi connectivity index (χ0v) is 18.9. The highest BCUT2D eigenvalue weighted by Crippen LogP contribution is 2.33. The third kappa shape index (κ3) is 4.15. The Labute approximate surface area is 192 Å². The number of aromatic nitrogens is 2. The van der Waals surface area contributed by atoms with Crippen LogP contribution in [0.3, 0.4) is 0 Å². The fourth-order valence-electron chi connectivity index (χ4n) is 4.14. The number of allylic oxidation sites excluding steroid dienone is 1. The molecule has 170 valence electrons. The number of nitrogens with two attached hydrogens (primary N) is 1. The van der Waals surface area contributed by atoms with Crippen molar-refractivity contribution in [3.05, 3.63) is 77.9 Å². The van der Waals surface area contributed by atoms with Crippen LogP contribution in [0, 0.1) is 0 Å². The molecule has 0 fully saturated rings. The Bertz CT molecular complexity index is 1410. The normalized spacial score (nSPS) is 20.8. The smallest absolute Gasteiger partial charge is 0.236 e. The molecule has 9 nitrogen and oxygen atoms in total. The fraction of sp³-hybridized carbons (Fsp3) is 0.217. The van der Waals surface area contributed by atoms with E-state index in [1.165, 1.54) is 10.2 Å². The monoisotopic (exact) mass is 463 g/mol. The molecule has 0 spiro atoms. The summed E-state index contributed by atoms with van der Waals surface area (Å²) in [5.74, 6) is 0.100. The minimum atomic E-state index is -3.47. The van der Waals surface area contributed by atoms with E-state index >= 15 is 0 Å². The number of hydrogen-bond acceptors (Lipinski definition) is 8. The molecule has 2 aliphatic rings. The molecule has 0 amide bonds. The van der Waals surface area contributed by atoms with Crippen molar-refractivity contribution in [1.29, 1.82) is 0 Å². The molecule has 1 atom stereocenters. The maximum absolute atomic E-state index is 12.5. The van der Waals surface area contributed by atoms with E-state index in [0.717, 1.165) is 36.0 Å². The highest BCUT2D eigenvalue weighted by molar-refractivity contribution is 7.89. The molecule has 5 N–H and O–H groups in total. The van der Waals surface area contributed by atoms with Crippen molar-refractivity contribution in [2.24, 2.45) is 10.7 Å². The Hall–Kier alpha value is -3.47. The van der Waals surface area contributed by atoms with E-state index in [1.807, 2.05) is 24.3 Å². The van der Waals surface area contributed by atoms with Crippen LogP contribution in [-0.4, -0.2) is 42.9 Å². The summed E-state index contributed by atoms with van der Waals surface area (Å²) in [6, 6.07) is 11.1. The molecule has 33 heavy (non-hydrogen) atoms. The first-order valence-electron chi connectivity index (χ1n) is 10.6. The third-order valence-electron chi connectivity index (χ3n) is 5.75. The number of nitrogens with one attached hydrogen (secondary N) is 3. The second kappa shape index (κ2) is 8.14. The Balaban J connectivity index is 1.55. The van der Waals surface area contributed by atoms with E-state index < -0.39 is 15.8 Å². The van der Waals surface area contributed by atoms with Crippen molar-refractivity contribution >= 4 is 38.5 Å². The van der Waals surface area contributed by atoms with Crippen LogP contribution >= 0.6 is 0 Å². The zero-order valence-electron chi connectivity index (χ0n) is 18.1. The minimum absolute atomic E-state index is 0.612. The summed E-state index contributed by atoms with van der Waals surface area (Å²) in [6.45, 7) is 1.59. The summed E-state index contributed by atoms with van der Waals surface area (Å²) in [5.41, 5.74) is 10.0. The van der Waals surface area contributed by atoms with Crippen molar-refractivity contribution in [3.63, 3.8) is 0 Å². The van der Waals surface area contributed by atoms with Crippen molar-refractivity contribution in [2.45, 2.75) is 12.2 Å². The summed E-state index contributed by atoms with van der Waals surface area (Å²) in [5, 5.41) is 10.5. The van der Waals surface area contributed by atoms with Crippen molar-refractivity contribution < 1.29 is 8.42 Å². The molecule has 5 rings (SSSR count). The van der Waals surface area contributed by atoms with Gasteiger partial charge in [0.1, 0.15) is 11.6 Å². The summed E-state index contributed by atoms with van der Waals surface area (Å²) in [4.78, 5) is 8.76. The second-order valence-corrected chi connectivity index (χ2v) is 9.97. The lowest BCUT2D eigenvalue weighted by Gasteiger charge is -2.31. The largest absolute Gasteiger partial charge is 0.331 e. The van der Waals surface area contributed by atoms with Crippen LogP contribution in [0.25, 0.3) is 16.5 Å². The molecular formula is C23H25N7O2S. The van der Waals surface area contributed by atoms with Crippen molar-refractivity contribution in [2.75, 3.05) is 24.7 Å². The molecule has 0 aliphatic carbocycles. The predicted octanol–water partition coefficient (Wildman–Crippen LogP) is 1.92. The van der Waals surface area contributed by atoms with Gasteiger partial charge in [-0.2, -0.15) is 0 Å². The van der Waals surface area contributed by atoms with Gasteiger partial charge in [0, 0.05) is 41.7 Å². The van der Waals surface area contributed by atoms with Crippen LogP contribution in [0.1, 0.15) is 17.5 Å². The van der Waals surface area contributed by atoms with Gasteiger partial charge in [0.05, 0.1) is 11.8 Å². The van der Waals surface area contributed by atoms with Gasteiger partial charge >= 0.3 is 0 Å². The molecule has 1 aromatic carbocycles. The van der Waals surface area contributed by atoms with Gasteiger partial charge in [-0.15, -0.1) is 0 Å². The average molecular weight is 464 g/mol. The predicted molar refractivity (Wildman–Crippen MR) is 131 cm³/mol.